The van der Waals surface area contributed by atoms with Crippen molar-refractivity contribution in [3.63, 3.8) is 0 Å². The molecule has 1 aliphatic rings. The highest BCUT2D eigenvalue weighted by atomic mass is 32.2. The molecule has 8 nitrogen and oxygen atoms in total. The first-order valence-electron chi connectivity index (χ1n) is 7.70. The number of likely N-dealkylation sites (tertiary alicyclic amines) is 1. The highest BCUT2D eigenvalue weighted by Crippen LogP contribution is 2.30. The van der Waals surface area contributed by atoms with E-state index in [1.54, 1.807) is 11.8 Å². The molecule has 1 atom stereocenters. The zero-order chi connectivity index (χ0) is 17.5. The van der Waals surface area contributed by atoms with E-state index in [1.165, 1.54) is 6.20 Å². The third-order valence-corrected chi connectivity index (χ3v) is 5.61. The van der Waals surface area contributed by atoms with E-state index in [9.17, 15) is 13.2 Å². The first-order valence-corrected chi connectivity index (χ1v) is 9.59. The van der Waals surface area contributed by atoms with Gasteiger partial charge in [0, 0.05) is 30.8 Å². The maximum atomic E-state index is 12.5. The monoisotopic (exact) mass is 352 g/mol. The van der Waals surface area contributed by atoms with Crippen LogP contribution in [0.2, 0.25) is 0 Å². The van der Waals surface area contributed by atoms with Gasteiger partial charge in [-0.05, 0) is 20.3 Å². The van der Waals surface area contributed by atoms with Crippen molar-refractivity contribution in [1.82, 2.24) is 20.3 Å². The minimum atomic E-state index is -3.34. The minimum Gasteiger partial charge on any atom is -0.361 e. The van der Waals surface area contributed by atoms with Crippen LogP contribution in [0.5, 0.6) is 0 Å². The minimum absolute atomic E-state index is 0.00711. The third-order valence-electron chi connectivity index (χ3n) is 4.49. The molecule has 1 saturated heterocycles. The molecule has 2 aromatic heterocycles. The number of amides is 1. The number of aromatic nitrogens is 3. The summed E-state index contributed by atoms with van der Waals surface area (Å²) in [6.07, 6.45) is 3.45. The number of carbonyl (C=O) groups is 1. The maximum absolute atomic E-state index is 12.5. The van der Waals surface area contributed by atoms with Crippen molar-refractivity contribution in [3.8, 4) is 0 Å². The van der Waals surface area contributed by atoms with Crippen molar-refractivity contribution in [3.05, 3.63) is 28.9 Å². The molecule has 1 N–H and O–H groups in total. The second-order valence-electron chi connectivity index (χ2n) is 6.22. The van der Waals surface area contributed by atoms with Crippen LogP contribution in [0.25, 0.3) is 0 Å². The Hall–Kier alpha value is -2.16. The largest absolute Gasteiger partial charge is 0.361 e. The maximum Gasteiger partial charge on any atom is 0.227 e. The normalized spacial score (nSPS) is 18.3. The van der Waals surface area contributed by atoms with E-state index in [2.05, 4.69) is 15.4 Å². The van der Waals surface area contributed by atoms with Crippen LogP contribution in [0.3, 0.4) is 0 Å². The summed E-state index contributed by atoms with van der Waals surface area (Å²) in [5, 5.41) is 10.5. The van der Waals surface area contributed by atoms with Crippen molar-refractivity contribution >= 4 is 15.7 Å². The highest BCUT2D eigenvalue weighted by molar-refractivity contribution is 7.90. The summed E-state index contributed by atoms with van der Waals surface area (Å²) in [6.45, 7) is 4.68. The predicted octanol–water partition coefficient (Wildman–Crippen LogP) is 0.977. The van der Waals surface area contributed by atoms with E-state index in [-0.39, 0.29) is 23.1 Å². The Kier molecular flexibility index (Phi) is 4.20. The Morgan fingerprint density at radius 2 is 2.21 bits per heavy atom. The van der Waals surface area contributed by atoms with Crippen molar-refractivity contribution in [1.29, 1.82) is 0 Å². The van der Waals surface area contributed by atoms with Crippen molar-refractivity contribution in [2.24, 2.45) is 0 Å². The lowest BCUT2D eigenvalue weighted by Gasteiger charge is -2.16. The van der Waals surface area contributed by atoms with Crippen LogP contribution < -0.4 is 0 Å². The zero-order valence-corrected chi connectivity index (χ0v) is 14.7. The Morgan fingerprint density at radius 3 is 2.83 bits per heavy atom. The lowest BCUT2D eigenvalue weighted by molar-refractivity contribution is -0.129. The molecule has 1 fully saturated rings. The molecule has 9 heteroatoms. The number of nitrogens with one attached hydrogen (secondary N) is 1. The van der Waals surface area contributed by atoms with Gasteiger partial charge < -0.3 is 9.42 Å². The van der Waals surface area contributed by atoms with Crippen LogP contribution in [0.1, 0.15) is 35.1 Å². The van der Waals surface area contributed by atoms with Crippen LogP contribution in [0.4, 0.5) is 0 Å². The lowest BCUT2D eigenvalue weighted by Crippen LogP contribution is -2.30. The molecule has 0 bridgehead atoms. The van der Waals surface area contributed by atoms with E-state index < -0.39 is 9.84 Å². The molecule has 24 heavy (non-hydrogen) atoms. The third kappa shape index (κ3) is 3.08. The molecular weight excluding hydrogens is 332 g/mol. The van der Waals surface area contributed by atoms with Crippen LogP contribution >= 0.6 is 0 Å². The molecule has 2 aromatic rings. The number of hydrogen-bond donors (Lipinski definition) is 1. The molecule has 0 spiro atoms. The fourth-order valence-electron chi connectivity index (χ4n) is 3.11. The van der Waals surface area contributed by atoms with Crippen LogP contribution in [-0.2, 0) is 21.1 Å². The van der Waals surface area contributed by atoms with Gasteiger partial charge in [-0.3, -0.25) is 9.89 Å². The van der Waals surface area contributed by atoms with Gasteiger partial charge in [-0.15, -0.1) is 0 Å². The number of rotatable bonds is 4. The van der Waals surface area contributed by atoms with Crippen molar-refractivity contribution in [2.45, 2.75) is 37.5 Å². The second kappa shape index (κ2) is 6.04. The molecule has 0 aliphatic carbocycles. The van der Waals surface area contributed by atoms with Gasteiger partial charge in [0.05, 0.1) is 24.0 Å². The average molecular weight is 352 g/mol. The fraction of sp³-hybridized carbons (Fsp3) is 0.533. The first-order chi connectivity index (χ1) is 11.3. The fourth-order valence-corrected chi connectivity index (χ4v) is 3.97. The van der Waals surface area contributed by atoms with Crippen molar-refractivity contribution < 1.29 is 17.7 Å². The van der Waals surface area contributed by atoms with Gasteiger partial charge in [-0.2, -0.15) is 5.10 Å². The quantitative estimate of drug-likeness (QED) is 0.878. The SMILES string of the molecule is Cc1noc(C)c1CC(=O)N1CCC(c2[nH]ncc2S(C)(=O)=O)C1. The van der Waals surface area contributed by atoms with E-state index >= 15 is 0 Å². The summed E-state index contributed by atoms with van der Waals surface area (Å²) >= 11 is 0. The van der Waals surface area contributed by atoms with Crippen molar-refractivity contribution in [2.75, 3.05) is 19.3 Å². The molecule has 130 valence electrons. The number of sulfone groups is 1. The molecule has 0 saturated carbocycles. The Balaban J connectivity index is 1.72. The van der Waals surface area contributed by atoms with Gasteiger partial charge in [-0.1, -0.05) is 5.16 Å². The summed E-state index contributed by atoms with van der Waals surface area (Å²) in [4.78, 5) is 14.5. The second-order valence-corrected chi connectivity index (χ2v) is 8.21. The summed E-state index contributed by atoms with van der Waals surface area (Å²) in [7, 11) is -3.34. The molecule has 3 rings (SSSR count). The van der Waals surface area contributed by atoms with Crippen LogP contribution in [0, 0.1) is 13.8 Å². The number of aryl methyl sites for hydroxylation is 2. The van der Waals surface area contributed by atoms with E-state index in [0.29, 0.717) is 31.0 Å². The molecule has 1 unspecified atom stereocenters. The van der Waals surface area contributed by atoms with E-state index in [0.717, 1.165) is 17.5 Å². The predicted molar refractivity (Wildman–Crippen MR) is 85.3 cm³/mol. The number of carbonyl (C=O) groups excluding carboxylic acids is 1. The zero-order valence-electron chi connectivity index (χ0n) is 13.9. The van der Waals surface area contributed by atoms with Gasteiger partial charge in [0.15, 0.2) is 9.84 Å². The van der Waals surface area contributed by atoms with E-state index in [4.69, 9.17) is 4.52 Å². The van der Waals surface area contributed by atoms with Gasteiger partial charge in [0.25, 0.3) is 0 Å². The topological polar surface area (TPSA) is 109 Å². The average Bonchev–Trinajstić information content (AvgIpc) is 3.20. The summed E-state index contributed by atoms with van der Waals surface area (Å²) < 4.78 is 28.7. The number of aromatic amines is 1. The standard InChI is InChI=1S/C15H20N4O4S/c1-9-12(10(2)23-18-9)6-14(20)19-5-4-11(8-19)15-13(7-16-17-15)24(3,21)22/h7,11H,4-6,8H2,1-3H3,(H,16,17). The van der Waals surface area contributed by atoms with Gasteiger partial charge in [0.2, 0.25) is 5.91 Å². The van der Waals surface area contributed by atoms with Gasteiger partial charge in [-0.25, -0.2) is 8.42 Å². The Bertz CT molecular complexity index is 848. The molecule has 3 heterocycles. The van der Waals surface area contributed by atoms with Gasteiger partial charge >= 0.3 is 0 Å². The highest BCUT2D eigenvalue weighted by Gasteiger charge is 2.32. The number of hydrogen-bond acceptors (Lipinski definition) is 6. The summed E-state index contributed by atoms with van der Waals surface area (Å²) in [6, 6.07) is 0. The summed E-state index contributed by atoms with van der Waals surface area (Å²) in [5.74, 6) is 0.600. The lowest BCUT2D eigenvalue weighted by atomic mass is 10.1. The van der Waals surface area contributed by atoms with Crippen LogP contribution in [0.15, 0.2) is 15.6 Å². The van der Waals surface area contributed by atoms with Crippen LogP contribution in [-0.4, -0.2) is 53.9 Å². The smallest absolute Gasteiger partial charge is 0.227 e. The molecule has 1 amide bonds. The molecular formula is C15H20N4O4S. The van der Waals surface area contributed by atoms with Gasteiger partial charge in [0.1, 0.15) is 10.7 Å². The summed E-state index contributed by atoms with van der Waals surface area (Å²) in [5.41, 5.74) is 2.14. The van der Waals surface area contributed by atoms with E-state index in [1.807, 2.05) is 6.92 Å². The Labute approximate surface area is 140 Å². The molecule has 0 aromatic carbocycles. The Morgan fingerprint density at radius 1 is 1.46 bits per heavy atom. The number of nitrogens with zero attached hydrogens (tertiary/aromatic N) is 3. The molecule has 1 aliphatic heterocycles. The first kappa shape index (κ1) is 16.7. The number of H-pyrrole nitrogens is 1. The molecule has 0 radical (unpaired) electrons.